The third-order valence-corrected chi connectivity index (χ3v) is 3.74. The minimum Gasteiger partial charge on any atom is -0.496 e. The molecule has 0 atom stereocenters. The van der Waals surface area contributed by atoms with E-state index in [9.17, 15) is 0 Å². The van der Waals surface area contributed by atoms with Crippen molar-refractivity contribution in [3.05, 3.63) is 35.2 Å². The zero-order valence-electron chi connectivity index (χ0n) is 9.93. The fourth-order valence-electron chi connectivity index (χ4n) is 1.85. The molecule has 1 aromatic carbocycles. The molecule has 0 radical (unpaired) electrons. The summed E-state index contributed by atoms with van der Waals surface area (Å²) >= 11 is 1.61. The van der Waals surface area contributed by atoms with Crippen molar-refractivity contribution in [1.29, 1.82) is 0 Å². The number of aromatic nitrogens is 2. The summed E-state index contributed by atoms with van der Waals surface area (Å²) < 4.78 is 5.18. The first-order chi connectivity index (χ1) is 8.80. The number of ether oxygens (including phenoxy) is 1. The number of rotatable bonds is 3. The van der Waals surface area contributed by atoms with Gasteiger partial charge in [0.2, 0.25) is 0 Å². The van der Waals surface area contributed by atoms with Crippen molar-refractivity contribution in [1.82, 2.24) is 9.97 Å². The first-order valence-electron chi connectivity index (χ1n) is 5.62. The minimum absolute atomic E-state index is 0.539. The van der Waals surface area contributed by atoms with Crippen molar-refractivity contribution in [2.75, 3.05) is 7.11 Å². The molecule has 5 heteroatoms. The topological polar surface area (TPSA) is 63.9 Å². The van der Waals surface area contributed by atoms with Crippen molar-refractivity contribution in [2.45, 2.75) is 6.54 Å². The van der Waals surface area contributed by atoms with Crippen LogP contribution in [0, 0.1) is 0 Å². The van der Waals surface area contributed by atoms with E-state index in [4.69, 9.17) is 10.5 Å². The lowest BCUT2D eigenvalue weighted by molar-refractivity contribution is 0.417. The Kier molecular flexibility index (Phi) is 2.77. The number of hydrogen-bond acceptors (Lipinski definition) is 4. The highest BCUT2D eigenvalue weighted by atomic mass is 32.1. The minimum atomic E-state index is 0.539. The normalized spacial score (nSPS) is 11.0. The molecule has 3 aromatic rings. The maximum absolute atomic E-state index is 5.63. The van der Waals surface area contributed by atoms with Gasteiger partial charge in [0.15, 0.2) is 0 Å². The summed E-state index contributed by atoms with van der Waals surface area (Å²) in [5.41, 5.74) is 8.70. The van der Waals surface area contributed by atoms with Crippen LogP contribution >= 0.6 is 11.3 Å². The summed E-state index contributed by atoms with van der Waals surface area (Å²) in [7, 11) is 1.66. The second-order valence-corrected chi connectivity index (χ2v) is 4.90. The lowest BCUT2D eigenvalue weighted by atomic mass is 10.2. The molecule has 0 saturated carbocycles. The van der Waals surface area contributed by atoms with Gasteiger partial charge in [-0.05, 0) is 17.7 Å². The molecule has 0 saturated heterocycles. The van der Waals surface area contributed by atoms with Crippen molar-refractivity contribution in [2.24, 2.45) is 5.73 Å². The van der Waals surface area contributed by atoms with Gasteiger partial charge in [-0.1, -0.05) is 6.07 Å². The van der Waals surface area contributed by atoms with Gasteiger partial charge in [-0.25, -0.2) is 4.98 Å². The zero-order chi connectivity index (χ0) is 12.5. The Bertz CT molecular complexity index is 686. The predicted molar refractivity (Wildman–Crippen MR) is 73.9 cm³/mol. The molecule has 0 aliphatic carbocycles. The molecule has 18 heavy (non-hydrogen) atoms. The molecule has 92 valence electrons. The maximum atomic E-state index is 5.63. The Labute approximate surface area is 108 Å². The molecule has 2 aromatic heterocycles. The summed E-state index contributed by atoms with van der Waals surface area (Å²) in [6.45, 7) is 0.539. The number of hydrogen-bond donors (Lipinski definition) is 2. The van der Waals surface area contributed by atoms with Gasteiger partial charge >= 0.3 is 0 Å². The van der Waals surface area contributed by atoms with Gasteiger partial charge in [-0.2, -0.15) is 0 Å². The molecule has 0 fully saturated rings. The van der Waals surface area contributed by atoms with Crippen LogP contribution in [0.3, 0.4) is 0 Å². The van der Waals surface area contributed by atoms with Gasteiger partial charge < -0.3 is 15.5 Å². The average Bonchev–Trinajstić information content (AvgIpc) is 3.03. The van der Waals surface area contributed by atoms with Crippen molar-refractivity contribution in [3.63, 3.8) is 0 Å². The van der Waals surface area contributed by atoms with Crippen LogP contribution in [0.5, 0.6) is 5.75 Å². The first-order valence-corrected chi connectivity index (χ1v) is 6.49. The van der Waals surface area contributed by atoms with Crippen LogP contribution in [0.4, 0.5) is 0 Å². The molecule has 0 spiro atoms. The van der Waals surface area contributed by atoms with Crippen LogP contribution in [-0.2, 0) is 6.54 Å². The molecule has 4 nitrogen and oxygen atoms in total. The van der Waals surface area contributed by atoms with E-state index in [-0.39, 0.29) is 0 Å². The molecule has 0 aliphatic rings. The quantitative estimate of drug-likeness (QED) is 0.760. The molecule has 0 amide bonds. The van der Waals surface area contributed by atoms with Gasteiger partial charge in [-0.3, -0.25) is 0 Å². The number of H-pyrrole nitrogens is 1. The Morgan fingerprint density at radius 3 is 3.00 bits per heavy atom. The van der Waals surface area contributed by atoms with E-state index in [0.717, 1.165) is 33.0 Å². The van der Waals surface area contributed by atoms with Crippen molar-refractivity contribution < 1.29 is 4.74 Å². The van der Waals surface area contributed by atoms with Gasteiger partial charge in [0.1, 0.15) is 11.6 Å². The highest BCUT2D eigenvalue weighted by Crippen LogP contribution is 2.30. The number of nitrogens with two attached hydrogens (primary N) is 1. The van der Waals surface area contributed by atoms with Gasteiger partial charge in [0, 0.05) is 18.0 Å². The molecular formula is C13H13N3OS. The fourth-order valence-corrected chi connectivity index (χ4v) is 2.65. The van der Waals surface area contributed by atoms with Crippen LogP contribution < -0.4 is 10.5 Å². The van der Waals surface area contributed by atoms with E-state index in [1.54, 1.807) is 18.4 Å². The highest BCUT2D eigenvalue weighted by Gasteiger charge is 2.08. The Balaban J connectivity index is 2.07. The molecule has 3 rings (SSSR count). The smallest absolute Gasteiger partial charge is 0.148 e. The van der Waals surface area contributed by atoms with E-state index in [0.29, 0.717) is 6.54 Å². The van der Waals surface area contributed by atoms with Gasteiger partial charge in [-0.15, -0.1) is 11.3 Å². The second kappa shape index (κ2) is 4.44. The summed E-state index contributed by atoms with van der Waals surface area (Å²) in [6, 6.07) is 8.01. The monoisotopic (exact) mass is 259 g/mol. The number of benzene rings is 1. The SMILES string of the molecule is COc1csc(-c2nc3ccc(CN)cc3[nH]2)c1. The third kappa shape index (κ3) is 1.87. The standard InChI is InChI=1S/C13H13N3OS/c1-17-9-5-12(18-7-9)13-15-10-3-2-8(6-14)4-11(10)16-13/h2-5,7H,6,14H2,1H3,(H,15,16). The predicted octanol–water partition coefficient (Wildman–Crippen LogP) is 2.76. The van der Waals surface area contributed by atoms with Gasteiger partial charge in [0.05, 0.1) is 23.0 Å². The number of nitrogens with zero attached hydrogens (tertiary/aromatic N) is 1. The molecule has 0 unspecified atom stereocenters. The number of thiophene rings is 1. The largest absolute Gasteiger partial charge is 0.496 e. The lowest BCUT2D eigenvalue weighted by Crippen LogP contribution is -1.95. The van der Waals surface area contributed by atoms with E-state index < -0.39 is 0 Å². The number of nitrogens with one attached hydrogen (secondary N) is 1. The van der Waals surface area contributed by atoms with E-state index in [1.807, 2.05) is 29.6 Å². The van der Waals surface area contributed by atoms with E-state index >= 15 is 0 Å². The summed E-state index contributed by atoms with van der Waals surface area (Å²) in [5.74, 6) is 1.73. The second-order valence-electron chi connectivity index (χ2n) is 3.99. The Hall–Kier alpha value is -1.85. The van der Waals surface area contributed by atoms with Crippen LogP contribution in [0.1, 0.15) is 5.56 Å². The van der Waals surface area contributed by atoms with Crippen molar-refractivity contribution in [3.8, 4) is 16.5 Å². The zero-order valence-corrected chi connectivity index (χ0v) is 10.8. The number of fused-ring (bicyclic) bond motifs is 1. The molecule has 3 N–H and O–H groups in total. The van der Waals surface area contributed by atoms with E-state index in [2.05, 4.69) is 9.97 Å². The molecule has 2 heterocycles. The summed E-state index contributed by atoms with van der Waals surface area (Å²) in [6.07, 6.45) is 0. The molecule has 0 aliphatic heterocycles. The summed E-state index contributed by atoms with van der Waals surface area (Å²) in [4.78, 5) is 8.94. The molecule has 0 bridgehead atoms. The average molecular weight is 259 g/mol. The van der Waals surface area contributed by atoms with Crippen LogP contribution in [-0.4, -0.2) is 17.1 Å². The Morgan fingerprint density at radius 1 is 1.39 bits per heavy atom. The number of imidazole rings is 1. The van der Waals surface area contributed by atoms with Gasteiger partial charge in [0.25, 0.3) is 0 Å². The van der Waals surface area contributed by atoms with Crippen molar-refractivity contribution >= 4 is 22.4 Å². The summed E-state index contributed by atoms with van der Waals surface area (Å²) in [5, 5.41) is 1.97. The fraction of sp³-hybridized carbons (Fsp3) is 0.154. The highest BCUT2D eigenvalue weighted by molar-refractivity contribution is 7.13. The third-order valence-electron chi connectivity index (χ3n) is 2.83. The van der Waals surface area contributed by atoms with Crippen LogP contribution in [0.25, 0.3) is 21.7 Å². The maximum Gasteiger partial charge on any atom is 0.148 e. The Morgan fingerprint density at radius 2 is 2.28 bits per heavy atom. The number of aromatic amines is 1. The van der Waals surface area contributed by atoms with Crippen LogP contribution in [0.2, 0.25) is 0 Å². The van der Waals surface area contributed by atoms with E-state index in [1.165, 1.54) is 0 Å². The number of methoxy groups -OCH3 is 1. The molecular weight excluding hydrogens is 246 g/mol. The first kappa shape index (κ1) is 11.3. The lowest BCUT2D eigenvalue weighted by Gasteiger charge is -1.94. The van der Waals surface area contributed by atoms with Crippen LogP contribution in [0.15, 0.2) is 29.6 Å².